The predicted molar refractivity (Wildman–Crippen MR) is 66.8 cm³/mol. The number of hydrogen-bond donors (Lipinski definition) is 2. The summed E-state index contributed by atoms with van der Waals surface area (Å²) in [5, 5.41) is 0. The van der Waals surface area contributed by atoms with Crippen molar-refractivity contribution in [2.45, 2.75) is 37.2 Å². The Bertz CT molecular complexity index is 602. The molecule has 1 fully saturated rings. The molecule has 0 spiro atoms. The van der Waals surface area contributed by atoms with Gasteiger partial charge in [0.25, 0.3) is 0 Å². The first-order chi connectivity index (χ1) is 8.64. The molecule has 3 N–H and O–H groups in total. The zero-order chi connectivity index (χ0) is 14.4. The van der Waals surface area contributed by atoms with Crippen LogP contribution in [0.4, 0.5) is 8.78 Å². The molecule has 0 aromatic heterocycles. The molecule has 2 rings (SSSR count). The van der Waals surface area contributed by atoms with Crippen molar-refractivity contribution in [1.82, 2.24) is 4.72 Å². The molecule has 1 aromatic carbocycles. The van der Waals surface area contributed by atoms with E-state index >= 15 is 0 Å². The topological polar surface area (TPSA) is 72.2 Å². The van der Waals surface area contributed by atoms with Crippen molar-refractivity contribution in [2.75, 3.05) is 0 Å². The van der Waals surface area contributed by atoms with E-state index in [0.29, 0.717) is 12.5 Å². The summed E-state index contributed by atoms with van der Waals surface area (Å²) in [6, 6.07) is 1.84. The van der Waals surface area contributed by atoms with Crippen LogP contribution in [0.25, 0.3) is 0 Å². The lowest BCUT2D eigenvalue weighted by Crippen LogP contribution is -2.64. The summed E-state index contributed by atoms with van der Waals surface area (Å²) in [7, 11) is -4.09. The van der Waals surface area contributed by atoms with Crippen LogP contribution in [0.2, 0.25) is 0 Å². The number of nitrogens with two attached hydrogens (primary N) is 1. The summed E-state index contributed by atoms with van der Waals surface area (Å²) in [5.74, 6) is -1.78. The number of halogens is 2. The summed E-state index contributed by atoms with van der Waals surface area (Å²) < 4.78 is 53.0. The fraction of sp³-hybridized carbons (Fsp3) is 0.500. The van der Waals surface area contributed by atoms with Gasteiger partial charge in [0.1, 0.15) is 16.5 Å². The third kappa shape index (κ3) is 2.50. The van der Waals surface area contributed by atoms with Gasteiger partial charge in [-0.2, -0.15) is 0 Å². The second kappa shape index (κ2) is 4.50. The zero-order valence-corrected chi connectivity index (χ0v) is 11.5. The molecule has 0 amide bonds. The van der Waals surface area contributed by atoms with Crippen LogP contribution in [-0.4, -0.2) is 20.5 Å². The molecule has 1 aliphatic carbocycles. The van der Waals surface area contributed by atoms with Crippen LogP contribution in [-0.2, 0) is 10.0 Å². The fourth-order valence-electron chi connectivity index (χ4n) is 2.09. The maximum Gasteiger partial charge on any atom is 0.243 e. The second-order valence-corrected chi connectivity index (χ2v) is 7.09. The highest BCUT2D eigenvalue weighted by atomic mass is 32.2. The summed E-state index contributed by atoms with van der Waals surface area (Å²) in [5.41, 5.74) is 5.38. The van der Waals surface area contributed by atoms with Crippen LogP contribution < -0.4 is 10.5 Å². The highest BCUT2D eigenvalue weighted by Crippen LogP contribution is 2.39. The van der Waals surface area contributed by atoms with E-state index in [0.717, 1.165) is 12.1 Å². The average Bonchev–Trinajstić information content (AvgIpc) is 2.31. The van der Waals surface area contributed by atoms with Gasteiger partial charge in [0.15, 0.2) is 0 Å². The van der Waals surface area contributed by atoms with Gasteiger partial charge in [-0.25, -0.2) is 21.9 Å². The minimum absolute atomic E-state index is 0.113. The first-order valence-corrected chi connectivity index (χ1v) is 7.36. The molecule has 2 atom stereocenters. The molecule has 1 saturated carbocycles. The van der Waals surface area contributed by atoms with E-state index in [-0.39, 0.29) is 12.1 Å². The monoisotopic (exact) mass is 290 g/mol. The normalized spacial score (nSPS) is 25.9. The van der Waals surface area contributed by atoms with E-state index in [4.69, 9.17) is 5.73 Å². The van der Waals surface area contributed by atoms with E-state index in [1.807, 2.05) is 13.8 Å². The van der Waals surface area contributed by atoms with Crippen LogP contribution >= 0.6 is 0 Å². The maximum absolute atomic E-state index is 13.5. The predicted octanol–water partition coefficient (Wildman–Crippen LogP) is 1.37. The van der Waals surface area contributed by atoms with Gasteiger partial charge >= 0.3 is 0 Å². The summed E-state index contributed by atoms with van der Waals surface area (Å²) >= 11 is 0. The summed E-state index contributed by atoms with van der Waals surface area (Å²) in [6.07, 6.45) is 0.475. The Morgan fingerprint density at radius 3 is 2.53 bits per heavy atom. The van der Waals surface area contributed by atoms with Crippen molar-refractivity contribution < 1.29 is 17.2 Å². The molecule has 0 aliphatic heterocycles. The van der Waals surface area contributed by atoms with Gasteiger partial charge in [-0.05, 0) is 30.0 Å². The first-order valence-electron chi connectivity index (χ1n) is 5.87. The molecular weight excluding hydrogens is 274 g/mol. The molecule has 1 aromatic rings. The smallest absolute Gasteiger partial charge is 0.243 e. The highest BCUT2D eigenvalue weighted by Gasteiger charge is 2.47. The molecular formula is C12H16F2N2O2S. The molecule has 106 valence electrons. The van der Waals surface area contributed by atoms with E-state index in [9.17, 15) is 17.2 Å². The second-order valence-electron chi connectivity index (χ2n) is 5.41. The molecule has 1 aliphatic rings. The van der Waals surface area contributed by atoms with E-state index in [2.05, 4.69) is 4.72 Å². The Hall–Kier alpha value is -1.05. The maximum atomic E-state index is 13.5. The average molecular weight is 290 g/mol. The van der Waals surface area contributed by atoms with Crippen LogP contribution in [0.3, 0.4) is 0 Å². The van der Waals surface area contributed by atoms with Crippen LogP contribution in [0.15, 0.2) is 23.1 Å². The SMILES string of the molecule is CC1(C)C(N)CC1NS(=O)(=O)c1cc(F)ccc1F. The summed E-state index contributed by atoms with van der Waals surface area (Å²) in [4.78, 5) is -0.677. The molecule has 7 heteroatoms. The molecule has 2 unspecified atom stereocenters. The largest absolute Gasteiger partial charge is 0.327 e. The Balaban J connectivity index is 2.27. The molecule has 0 saturated heterocycles. The van der Waals surface area contributed by atoms with Crippen LogP contribution in [0.5, 0.6) is 0 Å². The number of hydrogen-bond acceptors (Lipinski definition) is 3. The highest BCUT2D eigenvalue weighted by molar-refractivity contribution is 7.89. The Kier molecular flexibility index (Phi) is 3.40. The van der Waals surface area contributed by atoms with Gasteiger partial charge < -0.3 is 5.73 Å². The number of sulfonamides is 1. The Morgan fingerprint density at radius 1 is 1.37 bits per heavy atom. The fourth-order valence-corrected chi connectivity index (χ4v) is 3.59. The quantitative estimate of drug-likeness (QED) is 0.883. The lowest BCUT2D eigenvalue weighted by molar-refractivity contribution is 0.0903. The van der Waals surface area contributed by atoms with Crippen LogP contribution in [0.1, 0.15) is 20.3 Å². The van der Waals surface area contributed by atoms with Crippen molar-refractivity contribution >= 4 is 10.0 Å². The molecule has 0 radical (unpaired) electrons. The number of nitrogens with one attached hydrogen (secondary N) is 1. The minimum atomic E-state index is -4.09. The van der Waals surface area contributed by atoms with E-state index < -0.39 is 32.0 Å². The molecule has 0 heterocycles. The lowest BCUT2D eigenvalue weighted by atomic mass is 9.64. The van der Waals surface area contributed by atoms with Crippen molar-refractivity contribution in [3.8, 4) is 0 Å². The van der Waals surface area contributed by atoms with Crippen molar-refractivity contribution in [2.24, 2.45) is 11.1 Å². The first kappa shape index (κ1) is 14.4. The van der Waals surface area contributed by atoms with Gasteiger partial charge in [0.05, 0.1) is 0 Å². The van der Waals surface area contributed by atoms with Crippen molar-refractivity contribution in [1.29, 1.82) is 0 Å². The molecule has 0 bridgehead atoms. The van der Waals surface area contributed by atoms with E-state index in [1.165, 1.54) is 0 Å². The minimum Gasteiger partial charge on any atom is -0.327 e. The third-order valence-corrected chi connectivity index (χ3v) is 5.31. The summed E-state index contributed by atoms with van der Waals surface area (Å²) in [6.45, 7) is 3.66. The molecule has 4 nitrogen and oxygen atoms in total. The number of rotatable bonds is 3. The third-order valence-electron chi connectivity index (χ3n) is 3.82. The van der Waals surface area contributed by atoms with Gasteiger partial charge in [-0.15, -0.1) is 0 Å². The number of benzene rings is 1. The van der Waals surface area contributed by atoms with Crippen molar-refractivity contribution in [3.05, 3.63) is 29.8 Å². The van der Waals surface area contributed by atoms with Crippen molar-refractivity contribution in [3.63, 3.8) is 0 Å². The Labute approximate surface area is 111 Å². The van der Waals surface area contributed by atoms with Gasteiger partial charge in [0.2, 0.25) is 10.0 Å². The van der Waals surface area contributed by atoms with E-state index in [1.54, 1.807) is 0 Å². The van der Waals surface area contributed by atoms with Gasteiger partial charge in [-0.1, -0.05) is 13.8 Å². The van der Waals surface area contributed by atoms with Crippen LogP contribution in [0, 0.1) is 17.0 Å². The zero-order valence-electron chi connectivity index (χ0n) is 10.7. The standard InChI is InChI=1S/C12H16F2N2O2S/c1-12(2)10(15)6-11(12)16-19(17,18)9-5-7(13)3-4-8(9)14/h3-5,10-11,16H,6,15H2,1-2H3. The lowest BCUT2D eigenvalue weighted by Gasteiger charge is -2.50. The molecule has 19 heavy (non-hydrogen) atoms. The van der Waals surface area contributed by atoms with Gasteiger partial charge in [-0.3, -0.25) is 0 Å². The van der Waals surface area contributed by atoms with Gasteiger partial charge in [0, 0.05) is 12.1 Å². The Morgan fingerprint density at radius 2 is 2.00 bits per heavy atom.